The molecule has 1 rings (SSSR count). The zero-order valence-corrected chi connectivity index (χ0v) is 16.7. The van der Waals surface area contributed by atoms with Crippen molar-refractivity contribution in [3.8, 4) is 0 Å². The van der Waals surface area contributed by atoms with Gasteiger partial charge in [0.1, 0.15) is 15.7 Å². The lowest BCUT2D eigenvalue weighted by Gasteiger charge is -2.27. The highest BCUT2D eigenvalue weighted by atomic mass is 32.2. The van der Waals surface area contributed by atoms with E-state index in [1.807, 2.05) is 0 Å². The summed E-state index contributed by atoms with van der Waals surface area (Å²) < 4.78 is 165. The van der Waals surface area contributed by atoms with Gasteiger partial charge in [-0.05, 0) is 12.1 Å². The number of nitrogens with zero attached hydrogens (tertiary/aromatic N) is 1. The van der Waals surface area contributed by atoms with Crippen LogP contribution in [-0.2, 0) is 30.2 Å². The summed E-state index contributed by atoms with van der Waals surface area (Å²) in [6.45, 7) is -2.23. The summed E-state index contributed by atoms with van der Waals surface area (Å²) in [6.07, 6.45) is -12.0. The van der Waals surface area contributed by atoms with Gasteiger partial charge in [-0.15, -0.1) is 0 Å². The molecule has 0 bridgehead atoms. The highest BCUT2D eigenvalue weighted by molar-refractivity contribution is 7.92. The van der Waals surface area contributed by atoms with Crippen LogP contribution in [-0.4, -0.2) is 59.4 Å². The fourth-order valence-electron chi connectivity index (χ4n) is 1.88. The van der Waals surface area contributed by atoms with E-state index in [0.29, 0.717) is 0 Å². The SMILES string of the molecule is O=C(CS(=O)(=O)c1ccc(S(=O)C(F)(F)C(F)(F)C(F)(F)F)cc1[N+](=O)[O-])OCC(F)(F)F. The number of carbonyl (C=O) groups excluding carboxylic acids is 1. The lowest BCUT2D eigenvalue weighted by atomic mass is 10.3. The number of alkyl halides is 10. The Hall–Kier alpha value is -2.51. The van der Waals surface area contributed by atoms with Crippen LogP contribution in [0.5, 0.6) is 0 Å². The standard InChI is InChI=1S/C13H7F10NO7S2/c14-10(15,16)5-31-9(25)4-33(29,30)8-2-1-6(3-7(8)24(26)27)32(28)13(22,23)11(17,18)12(19,20)21/h1-3H,4-5H2. The number of carbonyl (C=O) groups is 1. The van der Waals surface area contributed by atoms with Gasteiger partial charge >= 0.3 is 29.5 Å². The van der Waals surface area contributed by atoms with Crippen molar-refractivity contribution in [2.24, 2.45) is 0 Å². The Kier molecular flexibility index (Phi) is 7.80. The molecule has 8 nitrogen and oxygen atoms in total. The van der Waals surface area contributed by atoms with Crippen molar-refractivity contribution in [1.82, 2.24) is 0 Å². The molecule has 1 aromatic rings. The number of sulfone groups is 1. The topological polar surface area (TPSA) is 121 Å². The Labute approximate surface area is 178 Å². The molecule has 33 heavy (non-hydrogen) atoms. The van der Waals surface area contributed by atoms with Crippen molar-refractivity contribution in [2.45, 2.75) is 33.3 Å². The highest BCUT2D eigenvalue weighted by Crippen LogP contribution is 2.49. The van der Waals surface area contributed by atoms with Crippen LogP contribution in [0.2, 0.25) is 0 Å². The van der Waals surface area contributed by atoms with Crippen molar-refractivity contribution in [2.75, 3.05) is 12.4 Å². The quantitative estimate of drug-likeness (QED) is 0.213. The van der Waals surface area contributed by atoms with Crippen molar-refractivity contribution in [3.05, 3.63) is 28.3 Å². The van der Waals surface area contributed by atoms with Gasteiger partial charge in [-0.25, -0.2) is 12.6 Å². The minimum absolute atomic E-state index is 0.0282. The van der Waals surface area contributed by atoms with Crippen LogP contribution < -0.4 is 0 Å². The van der Waals surface area contributed by atoms with Crippen LogP contribution in [0.3, 0.4) is 0 Å². The van der Waals surface area contributed by atoms with Gasteiger partial charge in [-0.2, -0.15) is 43.9 Å². The number of esters is 1. The van der Waals surface area contributed by atoms with Gasteiger partial charge in [0.25, 0.3) is 5.69 Å². The van der Waals surface area contributed by atoms with Gasteiger partial charge in [-0.1, -0.05) is 0 Å². The van der Waals surface area contributed by atoms with Gasteiger partial charge in [-0.3, -0.25) is 14.9 Å². The first-order valence-electron chi connectivity index (χ1n) is 7.52. The third-order valence-corrected chi connectivity index (χ3v) is 6.37. The van der Waals surface area contributed by atoms with Crippen LogP contribution in [0.4, 0.5) is 49.6 Å². The monoisotopic (exact) mass is 543 g/mol. The molecule has 0 amide bonds. The van der Waals surface area contributed by atoms with E-state index in [1.54, 1.807) is 0 Å². The lowest BCUT2D eigenvalue weighted by molar-refractivity contribution is -0.388. The number of hydrogen-bond donors (Lipinski definition) is 0. The molecule has 0 fully saturated rings. The molecule has 0 heterocycles. The van der Waals surface area contributed by atoms with E-state index >= 15 is 0 Å². The lowest BCUT2D eigenvalue weighted by Crippen LogP contribution is -2.54. The Bertz CT molecular complexity index is 1070. The second kappa shape index (κ2) is 9.03. The average Bonchev–Trinajstić information content (AvgIpc) is 2.63. The molecule has 188 valence electrons. The van der Waals surface area contributed by atoms with E-state index in [9.17, 15) is 71.4 Å². The molecule has 0 aliphatic heterocycles. The number of nitro groups is 1. The van der Waals surface area contributed by atoms with Crippen LogP contribution >= 0.6 is 0 Å². The fourth-order valence-corrected chi connectivity index (χ4v) is 4.22. The van der Waals surface area contributed by atoms with E-state index in [1.165, 1.54) is 0 Å². The molecule has 0 saturated heterocycles. The molecule has 20 heteroatoms. The van der Waals surface area contributed by atoms with Crippen LogP contribution in [0, 0.1) is 10.1 Å². The third-order valence-electron chi connectivity index (χ3n) is 3.34. The number of halogens is 10. The first-order valence-corrected chi connectivity index (χ1v) is 10.3. The predicted octanol–water partition coefficient (Wildman–Crippen LogP) is 3.37. The number of rotatable bonds is 8. The minimum atomic E-state index is -6.89. The van der Waals surface area contributed by atoms with Crippen LogP contribution in [0.25, 0.3) is 0 Å². The summed E-state index contributed by atoms with van der Waals surface area (Å²) in [5.74, 6) is -10.9. The summed E-state index contributed by atoms with van der Waals surface area (Å²) >= 11 is 0. The molecule has 0 N–H and O–H groups in total. The zero-order valence-electron chi connectivity index (χ0n) is 15.0. The average molecular weight is 543 g/mol. The summed E-state index contributed by atoms with van der Waals surface area (Å²) in [7, 11) is -9.85. The molecule has 1 atom stereocenters. The second-order valence-corrected chi connectivity index (χ2v) is 9.26. The molecular weight excluding hydrogens is 536 g/mol. The van der Waals surface area contributed by atoms with E-state index in [-0.39, 0.29) is 18.2 Å². The number of hydrogen-bond acceptors (Lipinski definition) is 7. The molecule has 0 aromatic heterocycles. The maximum absolute atomic E-state index is 13.6. The first-order chi connectivity index (χ1) is 14.5. The van der Waals surface area contributed by atoms with Crippen LogP contribution in [0.1, 0.15) is 0 Å². The van der Waals surface area contributed by atoms with Crippen molar-refractivity contribution >= 4 is 32.3 Å². The maximum Gasteiger partial charge on any atom is 0.461 e. The van der Waals surface area contributed by atoms with Gasteiger partial charge < -0.3 is 4.74 Å². The maximum atomic E-state index is 13.6. The molecule has 1 unspecified atom stereocenters. The molecule has 1 aromatic carbocycles. The molecule has 0 radical (unpaired) electrons. The summed E-state index contributed by atoms with van der Waals surface area (Å²) in [6, 6.07) is -0.401. The largest absolute Gasteiger partial charge is 0.461 e. The summed E-state index contributed by atoms with van der Waals surface area (Å²) in [5.41, 5.74) is -1.80. The summed E-state index contributed by atoms with van der Waals surface area (Å²) in [4.78, 5) is 17.4. The Morgan fingerprint density at radius 3 is 1.97 bits per heavy atom. The third kappa shape index (κ3) is 6.30. The van der Waals surface area contributed by atoms with E-state index in [2.05, 4.69) is 4.74 Å². The van der Waals surface area contributed by atoms with Crippen molar-refractivity contribution in [3.63, 3.8) is 0 Å². The van der Waals surface area contributed by atoms with E-state index in [4.69, 9.17) is 0 Å². The Morgan fingerprint density at radius 1 is 1.03 bits per heavy atom. The van der Waals surface area contributed by atoms with E-state index < -0.39 is 82.9 Å². The van der Waals surface area contributed by atoms with Crippen LogP contribution in [0.15, 0.2) is 28.0 Å². The molecule has 0 saturated carbocycles. The highest BCUT2D eigenvalue weighted by Gasteiger charge is 2.76. The molecule has 0 aliphatic carbocycles. The molecule has 0 aliphatic rings. The first kappa shape index (κ1) is 28.5. The van der Waals surface area contributed by atoms with Crippen molar-refractivity contribution in [1.29, 1.82) is 0 Å². The number of ether oxygens (including phenoxy) is 1. The molecule has 0 spiro atoms. The summed E-state index contributed by atoms with van der Waals surface area (Å²) in [5, 5.41) is 4.69. The zero-order chi connectivity index (χ0) is 26.2. The van der Waals surface area contributed by atoms with Gasteiger partial charge in [0.15, 0.2) is 22.2 Å². The van der Waals surface area contributed by atoms with E-state index in [0.717, 1.165) is 0 Å². The van der Waals surface area contributed by atoms with Gasteiger partial charge in [0, 0.05) is 6.07 Å². The molecular formula is C13H7F10NO7S2. The minimum Gasteiger partial charge on any atom is -0.455 e. The second-order valence-electron chi connectivity index (χ2n) is 5.78. The smallest absolute Gasteiger partial charge is 0.455 e. The van der Waals surface area contributed by atoms with Crippen molar-refractivity contribution < 1.29 is 71.0 Å². The van der Waals surface area contributed by atoms with Gasteiger partial charge in [0.05, 0.1) is 9.82 Å². The Morgan fingerprint density at radius 2 is 1.55 bits per heavy atom. The van der Waals surface area contributed by atoms with Gasteiger partial charge in [0.2, 0.25) is 0 Å². The normalized spacial score (nSPS) is 14.6. The number of nitro benzene ring substituents is 1. The number of benzene rings is 1. The predicted molar refractivity (Wildman–Crippen MR) is 84.5 cm³/mol. The fraction of sp³-hybridized carbons (Fsp3) is 0.462. The Balaban J connectivity index is 3.40.